The highest BCUT2D eigenvalue weighted by Crippen LogP contribution is 2.38. The molecule has 0 saturated heterocycles. The van der Waals surface area contributed by atoms with Gasteiger partial charge in [-0.1, -0.05) is 48.7 Å². The molecular weight excluding hydrogens is 347 g/mol. The lowest BCUT2D eigenvalue weighted by Gasteiger charge is -2.04. The molecule has 0 bridgehead atoms. The summed E-state index contributed by atoms with van der Waals surface area (Å²) >= 11 is 17.6. The number of pyridine rings is 1. The van der Waals surface area contributed by atoms with Crippen molar-refractivity contribution in [3.63, 3.8) is 0 Å². The van der Waals surface area contributed by atoms with Crippen molar-refractivity contribution in [1.29, 1.82) is 0 Å². The van der Waals surface area contributed by atoms with Crippen LogP contribution in [-0.2, 0) is 7.05 Å². The summed E-state index contributed by atoms with van der Waals surface area (Å²) in [6, 6.07) is 1.40. The summed E-state index contributed by atoms with van der Waals surface area (Å²) in [6.45, 7) is 1.000. The Morgan fingerprint density at radius 2 is 1.86 bits per heavy atom. The first-order valence-corrected chi connectivity index (χ1v) is 7.02. The van der Waals surface area contributed by atoms with Crippen molar-refractivity contribution in [2.45, 2.75) is 20.5 Å². The summed E-state index contributed by atoms with van der Waals surface area (Å²) in [5.74, 6) is -0.252. The summed E-state index contributed by atoms with van der Waals surface area (Å²) in [6.07, 6.45) is 1.35. The lowest BCUT2D eigenvalue weighted by molar-refractivity contribution is -0.0552. The smallest absolute Gasteiger partial charge is 0.388 e. The fraction of sp³-hybridized carbons (Fsp3) is 0.333. The van der Waals surface area contributed by atoms with Gasteiger partial charge in [0.05, 0.1) is 5.02 Å². The zero-order valence-electron chi connectivity index (χ0n) is 11.4. The summed E-state index contributed by atoms with van der Waals surface area (Å²) in [5, 5.41) is 4.36. The van der Waals surface area contributed by atoms with E-state index in [4.69, 9.17) is 34.8 Å². The second-order valence-corrected chi connectivity index (χ2v) is 4.63. The third-order valence-corrected chi connectivity index (χ3v) is 3.08. The number of aryl methyl sites for hydroxylation is 1. The van der Waals surface area contributed by atoms with Crippen LogP contribution in [0.5, 0.6) is 5.88 Å². The van der Waals surface area contributed by atoms with Crippen molar-refractivity contribution in [3.05, 3.63) is 27.5 Å². The van der Waals surface area contributed by atoms with E-state index >= 15 is 0 Å². The standard InChI is InChI=1S/C10H6Cl3F2N3O.C2H6/c1-18-9(19-10(14)15)7(13)8(17-18)4-3-16-6(12)2-5(4)11;1-2/h2-3,10H,1H3;1-2H3. The number of aromatic nitrogens is 3. The van der Waals surface area contributed by atoms with Gasteiger partial charge >= 0.3 is 6.61 Å². The van der Waals surface area contributed by atoms with Gasteiger partial charge in [0.25, 0.3) is 0 Å². The van der Waals surface area contributed by atoms with Gasteiger partial charge < -0.3 is 4.74 Å². The van der Waals surface area contributed by atoms with Crippen molar-refractivity contribution in [2.75, 3.05) is 0 Å². The number of hydrogen-bond acceptors (Lipinski definition) is 3. The molecular formula is C12H12Cl3F2N3O. The van der Waals surface area contributed by atoms with E-state index in [0.29, 0.717) is 5.56 Å². The molecule has 9 heteroatoms. The Morgan fingerprint density at radius 3 is 2.38 bits per heavy atom. The van der Waals surface area contributed by atoms with E-state index in [9.17, 15) is 8.78 Å². The fourth-order valence-corrected chi connectivity index (χ4v) is 2.21. The van der Waals surface area contributed by atoms with Crippen molar-refractivity contribution >= 4 is 34.8 Å². The molecule has 0 unspecified atom stereocenters. The topological polar surface area (TPSA) is 39.9 Å². The Bertz CT molecular complexity index is 620. The molecule has 0 radical (unpaired) electrons. The van der Waals surface area contributed by atoms with Crippen LogP contribution in [0.3, 0.4) is 0 Å². The summed E-state index contributed by atoms with van der Waals surface area (Å²) < 4.78 is 29.9. The van der Waals surface area contributed by atoms with Gasteiger partial charge in [-0.15, -0.1) is 0 Å². The molecule has 0 aliphatic heterocycles. The zero-order valence-corrected chi connectivity index (χ0v) is 13.6. The van der Waals surface area contributed by atoms with Gasteiger partial charge in [0.2, 0.25) is 5.88 Å². The molecule has 0 amide bonds. The highest BCUT2D eigenvalue weighted by Gasteiger charge is 2.21. The number of halogens is 5. The summed E-state index contributed by atoms with van der Waals surface area (Å²) in [7, 11) is 1.42. The molecule has 0 spiro atoms. The van der Waals surface area contributed by atoms with E-state index in [1.165, 1.54) is 19.3 Å². The molecule has 0 saturated carbocycles. The first-order valence-electron chi connectivity index (χ1n) is 5.89. The predicted octanol–water partition coefficient (Wildman–Crippen LogP) is 5.07. The number of rotatable bonds is 3. The van der Waals surface area contributed by atoms with Gasteiger partial charge in [-0.3, -0.25) is 0 Å². The largest absolute Gasteiger partial charge is 0.416 e. The van der Waals surface area contributed by atoms with E-state index in [0.717, 1.165) is 4.68 Å². The number of alkyl halides is 2. The van der Waals surface area contributed by atoms with Crippen LogP contribution in [0.15, 0.2) is 12.3 Å². The molecule has 0 aliphatic rings. The Morgan fingerprint density at radius 1 is 1.24 bits per heavy atom. The summed E-state index contributed by atoms with van der Waals surface area (Å²) in [5.41, 5.74) is 0.560. The number of hydrogen-bond donors (Lipinski definition) is 0. The van der Waals surface area contributed by atoms with E-state index in [2.05, 4.69) is 14.8 Å². The van der Waals surface area contributed by atoms with Crippen LogP contribution in [0.4, 0.5) is 8.78 Å². The first kappa shape index (κ1) is 17.9. The van der Waals surface area contributed by atoms with Gasteiger partial charge in [-0.05, 0) is 6.07 Å². The maximum atomic E-state index is 12.2. The number of ether oxygens (including phenoxy) is 1. The van der Waals surface area contributed by atoms with Crippen LogP contribution >= 0.6 is 34.8 Å². The molecule has 2 aromatic rings. The minimum Gasteiger partial charge on any atom is -0.416 e. The molecule has 116 valence electrons. The Kier molecular flexibility index (Phi) is 6.64. The van der Waals surface area contributed by atoms with Crippen LogP contribution in [0, 0.1) is 0 Å². The maximum absolute atomic E-state index is 12.2. The fourth-order valence-electron chi connectivity index (χ4n) is 1.45. The van der Waals surface area contributed by atoms with E-state index in [1.54, 1.807) is 0 Å². The zero-order chi connectivity index (χ0) is 16.2. The average Bonchev–Trinajstić information content (AvgIpc) is 2.69. The molecule has 2 heterocycles. The number of nitrogens with zero attached hydrogens (tertiary/aromatic N) is 3. The molecule has 0 N–H and O–H groups in total. The lowest BCUT2D eigenvalue weighted by Crippen LogP contribution is -2.06. The molecule has 0 aliphatic carbocycles. The highest BCUT2D eigenvalue weighted by atomic mass is 35.5. The third kappa shape index (κ3) is 4.18. The second kappa shape index (κ2) is 7.77. The average molecular weight is 359 g/mol. The Balaban J connectivity index is 0.00000106. The van der Waals surface area contributed by atoms with E-state index in [-0.39, 0.29) is 26.8 Å². The van der Waals surface area contributed by atoms with Crippen LogP contribution in [-0.4, -0.2) is 21.4 Å². The molecule has 4 nitrogen and oxygen atoms in total. The first-order chi connectivity index (χ1) is 9.90. The van der Waals surface area contributed by atoms with E-state index < -0.39 is 6.61 Å². The molecule has 0 atom stereocenters. The second-order valence-electron chi connectivity index (χ2n) is 3.46. The molecule has 2 rings (SSSR count). The van der Waals surface area contributed by atoms with Crippen molar-refractivity contribution in [1.82, 2.24) is 14.8 Å². The highest BCUT2D eigenvalue weighted by molar-refractivity contribution is 6.38. The normalized spacial score (nSPS) is 10.3. The van der Waals surface area contributed by atoms with Gasteiger partial charge in [0.15, 0.2) is 0 Å². The third-order valence-electron chi connectivity index (χ3n) is 2.22. The lowest BCUT2D eigenvalue weighted by atomic mass is 10.2. The van der Waals surface area contributed by atoms with Gasteiger partial charge in [-0.2, -0.15) is 13.9 Å². The minimum atomic E-state index is -3.00. The summed E-state index contributed by atoms with van der Waals surface area (Å²) in [4.78, 5) is 3.84. The van der Waals surface area contributed by atoms with Crippen LogP contribution in [0.1, 0.15) is 13.8 Å². The van der Waals surface area contributed by atoms with Crippen LogP contribution in [0.25, 0.3) is 11.3 Å². The van der Waals surface area contributed by atoms with Crippen molar-refractivity contribution in [3.8, 4) is 17.1 Å². The van der Waals surface area contributed by atoms with Crippen molar-refractivity contribution in [2.24, 2.45) is 7.05 Å². The van der Waals surface area contributed by atoms with Crippen molar-refractivity contribution < 1.29 is 13.5 Å². The monoisotopic (exact) mass is 357 g/mol. The van der Waals surface area contributed by atoms with Crippen LogP contribution in [0.2, 0.25) is 15.2 Å². The van der Waals surface area contributed by atoms with Gasteiger partial charge in [0, 0.05) is 18.8 Å². The molecule has 21 heavy (non-hydrogen) atoms. The quantitative estimate of drug-likeness (QED) is 0.719. The SMILES string of the molecule is CC.Cn1nc(-c2cnc(Cl)cc2Cl)c(Cl)c1OC(F)F. The minimum absolute atomic E-state index is 0.0752. The predicted molar refractivity (Wildman–Crippen MR) is 79.4 cm³/mol. The molecule has 0 aromatic carbocycles. The maximum Gasteiger partial charge on any atom is 0.388 e. The van der Waals surface area contributed by atoms with Gasteiger partial charge in [0.1, 0.15) is 15.9 Å². The molecule has 2 aromatic heterocycles. The van der Waals surface area contributed by atoms with E-state index in [1.807, 2.05) is 13.8 Å². The van der Waals surface area contributed by atoms with Crippen LogP contribution < -0.4 is 4.74 Å². The Hall–Kier alpha value is -1.11. The Labute approximate surface area is 135 Å². The molecule has 0 fully saturated rings. The van der Waals surface area contributed by atoms with Gasteiger partial charge in [-0.25, -0.2) is 9.67 Å².